The Kier molecular flexibility index (Phi) is 1.89. The SMILES string of the molecule is N[C@@H]1C[C@H](n2cccc2)c2ccccc21. The van der Waals surface area contributed by atoms with Gasteiger partial charge in [0.25, 0.3) is 0 Å². The highest BCUT2D eigenvalue weighted by Crippen LogP contribution is 2.39. The Bertz CT molecular complexity index is 459. The number of nitrogens with zero attached hydrogens (tertiary/aromatic N) is 1. The Labute approximate surface area is 89.3 Å². The maximum atomic E-state index is 6.13. The molecule has 1 aromatic carbocycles. The molecule has 0 fully saturated rings. The Hall–Kier alpha value is -1.54. The quantitative estimate of drug-likeness (QED) is 0.749. The van der Waals surface area contributed by atoms with Crippen molar-refractivity contribution in [2.45, 2.75) is 18.5 Å². The van der Waals surface area contributed by atoms with Crippen LogP contribution in [0.5, 0.6) is 0 Å². The maximum Gasteiger partial charge on any atom is 0.0601 e. The first-order valence-electron chi connectivity index (χ1n) is 5.33. The van der Waals surface area contributed by atoms with E-state index in [2.05, 4.69) is 53.4 Å². The lowest BCUT2D eigenvalue weighted by Crippen LogP contribution is -2.08. The van der Waals surface area contributed by atoms with Gasteiger partial charge in [-0.05, 0) is 29.7 Å². The number of fused-ring (bicyclic) bond motifs is 1. The molecule has 0 radical (unpaired) electrons. The summed E-state index contributed by atoms with van der Waals surface area (Å²) in [6.07, 6.45) is 5.23. The predicted octanol–water partition coefficient (Wildman–Crippen LogP) is 2.48. The van der Waals surface area contributed by atoms with Gasteiger partial charge in [-0.1, -0.05) is 24.3 Å². The van der Waals surface area contributed by atoms with E-state index >= 15 is 0 Å². The highest BCUT2D eigenvalue weighted by Gasteiger charge is 2.28. The molecule has 2 aromatic rings. The molecule has 0 spiro atoms. The third-order valence-corrected chi connectivity index (χ3v) is 3.22. The standard InChI is InChI=1S/C13H14N2/c14-12-9-13(15-7-3-4-8-15)11-6-2-1-5-10(11)12/h1-8,12-13H,9,14H2/t12-,13+/m1/s1. The van der Waals surface area contributed by atoms with Crippen LogP contribution < -0.4 is 5.73 Å². The van der Waals surface area contributed by atoms with Crippen LogP contribution in [-0.2, 0) is 0 Å². The largest absolute Gasteiger partial charge is 0.347 e. The number of hydrogen-bond acceptors (Lipinski definition) is 1. The van der Waals surface area contributed by atoms with E-state index < -0.39 is 0 Å². The van der Waals surface area contributed by atoms with Crippen LogP contribution in [0, 0.1) is 0 Å². The van der Waals surface area contributed by atoms with Gasteiger partial charge in [0.1, 0.15) is 0 Å². The summed E-state index contributed by atoms with van der Waals surface area (Å²) in [5.74, 6) is 0. The molecule has 2 nitrogen and oxygen atoms in total. The maximum absolute atomic E-state index is 6.13. The van der Waals surface area contributed by atoms with Gasteiger partial charge < -0.3 is 10.3 Å². The van der Waals surface area contributed by atoms with Crippen molar-refractivity contribution in [2.24, 2.45) is 5.73 Å². The molecule has 1 aliphatic carbocycles. The van der Waals surface area contributed by atoms with E-state index in [0.29, 0.717) is 6.04 Å². The molecule has 0 aliphatic heterocycles. The molecule has 15 heavy (non-hydrogen) atoms. The fourth-order valence-electron chi connectivity index (χ4n) is 2.48. The Morgan fingerprint density at radius 3 is 2.40 bits per heavy atom. The first-order chi connectivity index (χ1) is 7.36. The normalized spacial score (nSPS) is 24.1. The predicted molar refractivity (Wildman–Crippen MR) is 60.6 cm³/mol. The molecule has 0 unspecified atom stereocenters. The molecule has 76 valence electrons. The van der Waals surface area contributed by atoms with E-state index in [0.717, 1.165) is 6.42 Å². The number of rotatable bonds is 1. The summed E-state index contributed by atoms with van der Waals surface area (Å²) >= 11 is 0. The topological polar surface area (TPSA) is 30.9 Å². The van der Waals surface area contributed by atoms with Crippen LogP contribution in [0.3, 0.4) is 0 Å². The van der Waals surface area contributed by atoms with E-state index in [9.17, 15) is 0 Å². The zero-order chi connectivity index (χ0) is 10.3. The molecule has 0 bridgehead atoms. The molecule has 2 atom stereocenters. The van der Waals surface area contributed by atoms with Crippen LogP contribution in [0.4, 0.5) is 0 Å². The van der Waals surface area contributed by atoms with Crippen LogP contribution >= 0.6 is 0 Å². The molecular formula is C13H14N2. The van der Waals surface area contributed by atoms with Crippen LogP contribution in [0.15, 0.2) is 48.8 Å². The third-order valence-electron chi connectivity index (χ3n) is 3.22. The third kappa shape index (κ3) is 1.29. The Morgan fingerprint density at radius 1 is 1.00 bits per heavy atom. The zero-order valence-electron chi connectivity index (χ0n) is 8.51. The summed E-state index contributed by atoms with van der Waals surface area (Å²) in [6.45, 7) is 0. The van der Waals surface area contributed by atoms with E-state index in [1.165, 1.54) is 11.1 Å². The smallest absolute Gasteiger partial charge is 0.0601 e. The van der Waals surface area contributed by atoms with Gasteiger partial charge in [0.05, 0.1) is 6.04 Å². The lowest BCUT2D eigenvalue weighted by molar-refractivity contribution is 0.537. The first kappa shape index (κ1) is 8.74. The number of nitrogens with two attached hydrogens (primary N) is 1. The highest BCUT2D eigenvalue weighted by atomic mass is 15.0. The van der Waals surface area contributed by atoms with Gasteiger partial charge in [-0.25, -0.2) is 0 Å². The summed E-state index contributed by atoms with van der Waals surface area (Å²) < 4.78 is 2.24. The van der Waals surface area contributed by atoms with Crippen molar-refractivity contribution in [2.75, 3.05) is 0 Å². The van der Waals surface area contributed by atoms with Gasteiger partial charge in [-0.3, -0.25) is 0 Å². The van der Waals surface area contributed by atoms with Crippen LogP contribution in [0.2, 0.25) is 0 Å². The number of aromatic nitrogens is 1. The molecule has 1 aliphatic rings. The molecule has 1 heterocycles. The summed E-state index contributed by atoms with van der Waals surface area (Å²) in [5.41, 5.74) is 8.81. The van der Waals surface area contributed by atoms with Crippen LogP contribution in [0.25, 0.3) is 0 Å². The van der Waals surface area contributed by atoms with Gasteiger partial charge in [0.15, 0.2) is 0 Å². The first-order valence-corrected chi connectivity index (χ1v) is 5.33. The molecule has 0 saturated heterocycles. The van der Waals surface area contributed by atoms with E-state index in [-0.39, 0.29) is 6.04 Å². The minimum atomic E-state index is 0.189. The van der Waals surface area contributed by atoms with Crippen molar-refractivity contribution in [3.05, 3.63) is 59.9 Å². The van der Waals surface area contributed by atoms with Crippen molar-refractivity contribution >= 4 is 0 Å². The fourth-order valence-corrected chi connectivity index (χ4v) is 2.48. The second-order valence-corrected chi connectivity index (χ2v) is 4.12. The number of benzene rings is 1. The summed E-state index contributed by atoms with van der Waals surface area (Å²) in [5, 5.41) is 0. The molecule has 2 N–H and O–H groups in total. The molecule has 3 rings (SSSR count). The average Bonchev–Trinajstić information content (AvgIpc) is 2.87. The summed E-state index contributed by atoms with van der Waals surface area (Å²) in [7, 11) is 0. The van der Waals surface area contributed by atoms with Gasteiger partial charge >= 0.3 is 0 Å². The van der Waals surface area contributed by atoms with Crippen molar-refractivity contribution in [1.82, 2.24) is 4.57 Å². The summed E-state index contributed by atoms with van der Waals surface area (Å²) in [6, 6.07) is 13.2. The van der Waals surface area contributed by atoms with E-state index in [1.807, 2.05) is 0 Å². The molecule has 0 saturated carbocycles. The zero-order valence-corrected chi connectivity index (χ0v) is 8.51. The van der Waals surface area contributed by atoms with Gasteiger partial charge in [-0.15, -0.1) is 0 Å². The van der Waals surface area contributed by atoms with Crippen molar-refractivity contribution < 1.29 is 0 Å². The monoisotopic (exact) mass is 198 g/mol. The van der Waals surface area contributed by atoms with E-state index in [4.69, 9.17) is 5.73 Å². The van der Waals surface area contributed by atoms with Gasteiger partial charge in [0, 0.05) is 18.4 Å². The fraction of sp³-hybridized carbons (Fsp3) is 0.231. The van der Waals surface area contributed by atoms with Gasteiger partial charge in [0.2, 0.25) is 0 Å². The molecule has 1 aromatic heterocycles. The average molecular weight is 198 g/mol. The van der Waals surface area contributed by atoms with E-state index in [1.54, 1.807) is 0 Å². The lowest BCUT2D eigenvalue weighted by atomic mass is 10.1. The molecular weight excluding hydrogens is 184 g/mol. The molecule has 0 amide bonds. The lowest BCUT2D eigenvalue weighted by Gasteiger charge is -2.13. The molecule has 2 heteroatoms. The van der Waals surface area contributed by atoms with Crippen molar-refractivity contribution in [3.8, 4) is 0 Å². The second-order valence-electron chi connectivity index (χ2n) is 4.12. The van der Waals surface area contributed by atoms with Crippen LogP contribution in [0.1, 0.15) is 29.6 Å². The van der Waals surface area contributed by atoms with Crippen molar-refractivity contribution in [1.29, 1.82) is 0 Å². The Balaban J connectivity index is 2.09. The highest BCUT2D eigenvalue weighted by molar-refractivity contribution is 5.38. The van der Waals surface area contributed by atoms with Gasteiger partial charge in [-0.2, -0.15) is 0 Å². The second kappa shape index (κ2) is 3.24. The minimum absolute atomic E-state index is 0.189. The van der Waals surface area contributed by atoms with Crippen molar-refractivity contribution in [3.63, 3.8) is 0 Å². The number of hydrogen-bond donors (Lipinski definition) is 1. The summed E-state index contributed by atoms with van der Waals surface area (Å²) in [4.78, 5) is 0. The Morgan fingerprint density at radius 2 is 1.67 bits per heavy atom. The van der Waals surface area contributed by atoms with Crippen LogP contribution in [-0.4, -0.2) is 4.57 Å². The minimum Gasteiger partial charge on any atom is -0.347 e.